The lowest BCUT2D eigenvalue weighted by Crippen LogP contribution is -1.96. The Morgan fingerprint density at radius 3 is 1.83 bits per heavy atom. The molecule has 2 heteroatoms. The molecule has 0 unspecified atom stereocenters. The molecule has 0 N–H and O–H groups in total. The predicted molar refractivity (Wildman–Crippen MR) is 129 cm³/mol. The van der Waals surface area contributed by atoms with Gasteiger partial charge in [0.2, 0.25) is 0 Å². The normalized spacial score (nSPS) is 12.0. The number of aromatic nitrogens is 2. The summed E-state index contributed by atoms with van der Waals surface area (Å²) in [7, 11) is 0. The third-order valence-corrected chi connectivity index (χ3v) is 6.35. The number of benzene rings is 4. The van der Waals surface area contributed by atoms with Crippen LogP contribution < -0.4 is 0 Å². The molecule has 0 aliphatic heterocycles. The zero-order valence-corrected chi connectivity index (χ0v) is 17.6. The van der Waals surface area contributed by atoms with E-state index >= 15 is 0 Å². The molecule has 4 aromatic carbocycles. The van der Waals surface area contributed by atoms with Crippen molar-refractivity contribution in [1.29, 1.82) is 0 Å². The highest BCUT2D eigenvalue weighted by Crippen LogP contribution is 2.38. The standard InChI is InChI=1S/C28H24N2/c1-4-29-25-11-7-5-9-21(25)23-17-28-24(16-27(23)29)22-10-6-8-12-26(22)30(28)20-14-18(2)13-19(3)15-20/h5-17H,4H2,1-3H3. The van der Waals surface area contributed by atoms with Crippen LogP contribution >= 0.6 is 0 Å². The summed E-state index contributed by atoms with van der Waals surface area (Å²) in [5, 5.41) is 5.28. The molecule has 0 saturated carbocycles. The van der Waals surface area contributed by atoms with Crippen molar-refractivity contribution in [3.8, 4) is 5.69 Å². The third kappa shape index (κ3) is 2.31. The molecular weight excluding hydrogens is 364 g/mol. The van der Waals surface area contributed by atoms with Gasteiger partial charge >= 0.3 is 0 Å². The second kappa shape index (κ2) is 6.24. The number of hydrogen-bond acceptors (Lipinski definition) is 0. The molecule has 0 fully saturated rings. The molecule has 0 aliphatic rings. The van der Waals surface area contributed by atoms with Gasteiger partial charge in [0.05, 0.1) is 11.0 Å². The number of hydrogen-bond donors (Lipinski definition) is 0. The Morgan fingerprint density at radius 1 is 0.567 bits per heavy atom. The number of rotatable bonds is 2. The van der Waals surface area contributed by atoms with E-state index in [2.05, 4.69) is 109 Å². The lowest BCUT2D eigenvalue weighted by atomic mass is 10.1. The summed E-state index contributed by atoms with van der Waals surface area (Å²) in [5.74, 6) is 0. The minimum absolute atomic E-state index is 0.964. The topological polar surface area (TPSA) is 9.86 Å². The van der Waals surface area contributed by atoms with Crippen LogP contribution in [0.2, 0.25) is 0 Å². The Hall–Kier alpha value is -3.52. The SMILES string of the molecule is CCn1c2ccccc2c2cc3c(cc21)c1ccccc1n3-c1cc(C)cc(C)c1. The maximum absolute atomic E-state index is 2.44. The van der Waals surface area contributed by atoms with Crippen molar-refractivity contribution in [3.63, 3.8) is 0 Å². The van der Waals surface area contributed by atoms with Crippen molar-refractivity contribution < 1.29 is 0 Å². The molecule has 0 bridgehead atoms. The first-order valence-electron chi connectivity index (χ1n) is 10.7. The van der Waals surface area contributed by atoms with Gasteiger partial charge in [0.25, 0.3) is 0 Å². The van der Waals surface area contributed by atoms with E-state index in [1.165, 1.54) is 60.4 Å². The zero-order chi connectivity index (χ0) is 20.4. The Balaban J connectivity index is 1.84. The molecule has 0 atom stereocenters. The van der Waals surface area contributed by atoms with Crippen LogP contribution in [-0.4, -0.2) is 9.13 Å². The quantitative estimate of drug-likeness (QED) is 0.290. The first-order valence-corrected chi connectivity index (χ1v) is 10.7. The predicted octanol–water partition coefficient (Wildman–Crippen LogP) is 7.53. The van der Waals surface area contributed by atoms with E-state index in [9.17, 15) is 0 Å². The first-order chi connectivity index (χ1) is 14.7. The molecule has 30 heavy (non-hydrogen) atoms. The van der Waals surface area contributed by atoms with Crippen LogP contribution in [0.3, 0.4) is 0 Å². The highest BCUT2D eigenvalue weighted by Gasteiger charge is 2.17. The van der Waals surface area contributed by atoms with E-state index in [1.54, 1.807) is 0 Å². The molecular formula is C28H24N2. The van der Waals surface area contributed by atoms with E-state index in [1.807, 2.05) is 0 Å². The van der Waals surface area contributed by atoms with Gasteiger partial charge < -0.3 is 9.13 Å². The van der Waals surface area contributed by atoms with Crippen LogP contribution in [0.1, 0.15) is 18.1 Å². The Bertz CT molecular complexity index is 1570. The third-order valence-electron chi connectivity index (χ3n) is 6.35. The van der Waals surface area contributed by atoms with Crippen LogP contribution in [0.4, 0.5) is 0 Å². The van der Waals surface area contributed by atoms with Gasteiger partial charge in [-0.2, -0.15) is 0 Å². The van der Waals surface area contributed by atoms with Gasteiger partial charge in [0, 0.05) is 44.8 Å². The monoisotopic (exact) mass is 388 g/mol. The lowest BCUT2D eigenvalue weighted by molar-refractivity contribution is 0.827. The largest absolute Gasteiger partial charge is 0.341 e. The number of nitrogens with zero attached hydrogens (tertiary/aromatic N) is 2. The molecule has 146 valence electrons. The second-order valence-corrected chi connectivity index (χ2v) is 8.35. The molecule has 6 rings (SSSR count). The van der Waals surface area contributed by atoms with E-state index in [-0.39, 0.29) is 0 Å². The molecule has 0 radical (unpaired) electrons. The number of fused-ring (bicyclic) bond motifs is 6. The summed E-state index contributed by atoms with van der Waals surface area (Å²) in [6.45, 7) is 7.55. The molecule has 2 heterocycles. The highest BCUT2D eigenvalue weighted by atomic mass is 15.0. The van der Waals surface area contributed by atoms with Gasteiger partial charge in [-0.3, -0.25) is 0 Å². The molecule has 2 nitrogen and oxygen atoms in total. The average molecular weight is 389 g/mol. The molecule has 0 amide bonds. The van der Waals surface area contributed by atoms with Crippen LogP contribution in [0.15, 0.2) is 78.9 Å². The first kappa shape index (κ1) is 17.3. The average Bonchev–Trinajstić information content (AvgIpc) is 3.23. The van der Waals surface area contributed by atoms with Gasteiger partial charge in [0.1, 0.15) is 0 Å². The van der Waals surface area contributed by atoms with E-state index < -0.39 is 0 Å². The summed E-state index contributed by atoms with van der Waals surface area (Å²) >= 11 is 0. The minimum atomic E-state index is 0.964. The van der Waals surface area contributed by atoms with Gasteiger partial charge in [-0.25, -0.2) is 0 Å². The van der Waals surface area contributed by atoms with Gasteiger partial charge in [-0.15, -0.1) is 0 Å². The lowest BCUT2D eigenvalue weighted by Gasteiger charge is -2.10. The number of aryl methyl sites for hydroxylation is 3. The molecule has 2 aromatic heterocycles. The van der Waals surface area contributed by atoms with Crippen LogP contribution in [0.5, 0.6) is 0 Å². The summed E-state index contributed by atoms with van der Waals surface area (Å²) in [6, 6.07) is 29.2. The molecule has 6 aromatic rings. The zero-order valence-electron chi connectivity index (χ0n) is 17.6. The maximum Gasteiger partial charge on any atom is 0.0548 e. The van der Waals surface area contributed by atoms with E-state index in [0.29, 0.717) is 0 Å². The van der Waals surface area contributed by atoms with Gasteiger partial charge in [-0.05, 0) is 68.3 Å². The smallest absolute Gasteiger partial charge is 0.0548 e. The molecule has 0 aliphatic carbocycles. The van der Waals surface area contributed by atoms with Crippen molar-refractivity contribution in [3.05, 3.63) is 90.0 Å². The second-order valence-electron chi connectivity index (χ2n) is 8.35. The summed E-state index contributed by atoms with van der Waals surface area (Å²) in [5.41, 5.74) is 8.97. The fraction of sp³-hybridized carbons (Fsp3) is 0.143. The van der Waals surface area contributed by atoms with E-state index in [0.717, 1.165) is 6.54 Å². The maximum atomic E-state index is 2.44. The fourth-order valence-electron chi connectivity index (χ4n) is 5.21. The molecule has 0 saturated heterocycles. The highest BCUT2D eigenvalue weighted by molar-refractivity contribution is 6.18. The fourth-order valence-corrected chi connectivity index (χ4v) is 5.21. The van der Waals surface area contributed by atoms with Gasteiger partial charge in [0.15, 0.2) is 0 Å². The molecule has 0 spiro atoms. The summed E-state index contributed by atoms with van der Waals surface area (Å²) in [4.78, 5) is 0. The van der Waals surface area contributed by atoms with Crippen molar-refractivity contribution in [1.82, 2.24) is 9.13 Å². The summed E-state index contributed by atoms with van der Waals surface area (Å²) in [6.07, 6.45) is 0. The Kier molecular flexibility index (Phi) is 3.61. The Morgan fingerprint density at radius 2 is 1.13 bits per heavy atom. The Labute approximate surface area is 176 Å². The van der Waals surface area contributed by atoms with Crippen molar-refractivity contribution in [2.75, 3.05) is 0 Å². The van der Waals surface area contributed by atoms with Gasteiger partial charge in [-0.1, -0.05) is 42.5 Å². The van der Waals surface area contributed by atoms with Crippen LogP contribution in [0.25, 0.3) is 49.3 Å². The van der Waals surface area contributed by atoms with E-state index in [4.69, 9.17) is 0 Å². The summed E-state index contributed by atoms with van der Waals surface area (Å²) < 4.78 is 4.87. The number of para-hydroxylation sites is 2. The minimum Gasteiger partial charge on any atom is -0.341 e. The van der Waals surface area contributed by atoms with Crippen molar-refractivity contribution >= 4 is 43.6 Å². The van der Waals surface area contributed by atoms with Crippen molar-refractivity contribution in [2.45, 2.75) is 27.3 Å². The van der Waals surface area contributed by atoms with Crippen molar-refractivity contribution in [2.24, 2.45) is 0 Å². The van der Waals surface area contributed by atoms with Crippen LogP contribution in [-0.2, 0) is 6.54 Å². The van der Waals surface area contributed by atoms with Crippen LogP contribution in [0, 0.1) is 13.8 Å².